The van der Waals surface area contributed by atoms with E-state index in [4.69, 9.17) is 0 Å². The fourth-order valence-electron chi connectivity index (χ4n) is 3.44. The van der Waals surface area contributed by atoms with Gasteiger partial charge in [0.15, 0.2) is 5.13 Å². The number of amides is 1. The highest BCUT2D eigenvalue weighted by atomic mass is 32.1. The number of halogens is 1. The van der Waals surface area contributed by atoms with Crippen molar-refractivity contribution in [2.75, 3.05) is 32.1 Å². The Bertz CT molecular complexity index is 1200. The number of aromatic nitrogens is 3. The number of carbonyl (C=O) groups is 1. The summed E-state index contributed by atoms with van der Waals surface area (Å²) in [4.78, 5) is 21.8. The fourth-order valence-corrected chi connectivity index (χ4v) is 4.45. The molecule has 0 aliphatic heterocycles. The molecule has 0 atom stereocenters. The molecule has 0 spiro atoms. The monoisotopic (exact) mass is 437 g/mol. The third kappa shape index (κ3) is 4.35. The maximum Gasteiger partial charge on any atom is 0.263 e. The average molecular weight is 438 g/mol. The smallest absolute Gasteiger partial charge is 0.263 e. The molecule has 4 aromatic rings. The number of carbonyl (C=O) groups excluding carboxylic acids is 1. The molecule has 2 aromatic heterocycles. The molecule has 160 valence electrons. The molecule has 0 fully saturated rings. The van der Waals surface area contributed by atoms with Crippen molar-refractivity contribution >= 4 is 32.6 Å². The van der Waals surface area contributed by atoms with Gasteiger partial charge in [0.1, 0.15) is 11.3 Å². The van der Waals surface area contributed by atoms with Gasteiger partial charge in [0, 0.05) is 6.54 Å². The zero-order valence-electron chi connectivity index (χ0n) is 17.7. The molecule has 0 N–H and O–H groups in total. The van der Waals surface area contributed by atoms with Gasteiger partial charge in [0.2, 0.25) is 0 Å². The van der Waals surface area contributed by atoms with Gasteiger partial charge >= 0.3 is 0 Å². The first kappa shape index (κ1) is 21.1. The van der Waals surface area contributed by atoms with Crippen LogP contribution in [0.4, 0.5) is 9.52 Å². The number of anilines is 1. The van der Waals surface area contributed by atoms with Crippen LogP contribution in [0.5, 0.6) is 0 Å². The minimum atomic E-state index is -0.381. The Hall–Kier alpha value is -3.10. The van der Waals surface area contributed by atoms with Crippen LogP contribution in [0.2, 0.25) is 0 Å². The molecule has 1 amide bonds. The van der Waals surface area contributed by atoms with Crippen molar-refractivity contribution in [1.82, 2.24) is 19.7 Å². The molecular formula is C23H24FN5OS. The Morgan fingerprint density at radius 1 is 1.10 bits per heavy atom. The lowest BCUT2D eigenvalue weighted by Gasteiger charge is -2.21. The Morgan fingerprint density at radius 2 is 1.87 bits per heavy atom. The molecule has 0 unspecified atom stereocenters. The van der Waals surface area contributed by atoms with Gasteiger partial charge in [-0.05, 0) is 58.3 Å². The Labute approximate surface area is 184 Å². The fraction of sp³-hybridized carbons (Fsp3) is 0.261. The summed E-state index contributed by atoms with van der Waals surface area (Å²) in [5, 5.41) is 4.93. The summed E-state index contributed by atoms with van der Waals surface area (Å²) in [5.41, 5.74) is 2.44. The van der Waals surface area contributed by atoms with Crippen molar-refractivity contribution in [3.8, 4) is 5.69 Å². The summed E-state index contributed by atoms with van der Waals surface area (Å²) in [5.74, 6) is -0.563. The first-order chi connectivity index (χ1) is 15.0. The van der Waals surface area contributed by atoms with E-state index in [-0.39, 0.29) is 11.7 Å². The second-order valence-electron chi connectivity index (χ2n) is 7.59. The highest BCUT2D eigenvalue weighted by Crippen LogP contribution is 2.31. The lowest BCUT2D eigenvalue weighted by Crippen LogP contribution is -2.33. The molecule has 0 aliphatic carbocycles. The molecule has 4 rings (SSSR count). The minimum Gasteiger partial charge on any atom is -0.309 e. The number of benzene rings is 2. The van der Waals surface area contributed by atoms with Crippen LogP contribution < -0.4 is 4.90 Å². The Morgan fingerprint density at radius 3 is 2.58 bits per heavy atom. The van der Waals surface area contributed by atoms with Crippen LogP contribution in [0.25, 0.3) is 15.9 Å². The van der Waals surface area contributed by atoms with Gasteiger partial charge in [-0.2, -0.15) is 5.10 Å². The Balaban J connectivity index is 1.70. The molecule has 31 heavy (non-hydrogen) atoms. The summed E-state index contributed by atoms with van der Waals surface area (Å²) in [6.07, 6.45) is 2.36. The van der Waals surface area contributed by atoms with Crippen molar-refractivity contribution in [2.24, 2.45) is 0 Å². The zero-order chi connectivity index (χ0) is 22.0. The van der Waals surface area contributed by atoms with Gasteiger partial charge in [0.25, 0.3) is 5.91 Å². The summed E-state index contributed by atoms with van der Waals surface area (Å²) in [6, 6.07) is 14.6. The lowest BCUT2D eigenvalue weighted by atomic mass is 10.2. The van der Waals surface area contributed by atoms with E-state index < -0.39 is 0 Å². The summed E-state index contributed by atoms with van der Waals surface area (Å²) < 4.78 is 16.7. The van der Waals surface area contributed by atoms with Gasteiger partial charge in [-0.15, -0.1) is 0 Å². The molecule has 8 heteroatoms. The van der Waals surface area contributed by atoms with Crippen LogP contribution in [-0.4, -0.2) is 52.8 Å². The van der Waals surface area contributed by atoms with Crippen molar-refractivity contribution in [3.05, 3.63) is 71.8 Å². The molecule has 0 radical (unpaired) electrons. The van der Waals surface area contributed by atoms with Crippen LogP contribution in [-0.2, 0) is 0 Å². The summed E-state index contributed by atoms with van der Waals surface area (Å²) >= 11 is 1.32. The van der Waals surface area contributed by atoms with Gasteiger partial charge in [-0.1, -0.05) is 35.6 Å². The number of hydrogen-bond donors (Lipinski definition) is 0. The predicted molar refractivity (Wildman–Crippen MR) is 123 cm³/mol. The number of fused-ring (bicyclic) bond motifs is 1. The van der Waals surface area contributed by atoms with Gasteiger partial charge in [-0.3, -0.25) is 9.69 Å². The largest absolute Gasteiger partial charge is 0.309 e. The van der Waals surface area contributed by atoms with E-state index in [2.05, 4.69) is 15.0 Å². The second-order valence-corrected chi connectivity index (χ2v) is 8.60. The van der Waals surface area contributed by atoms with E-state index in [0.717, 1.165) is 29.0 Å². The summed E-state index contributed by atoms with van der Waals surface area (Å²) in [6.45, 7) is 3.18. The maximum atomic E-state index is 14.2. The third-order valence-corrected chi connectivity index (χ3v) is 6.11. The molecule has 6 nitrogen and oxygen atoms in total. The number of rotatable bonds is 7. The number of nitrogens with zero attached hydrogens (tertiary/aromatic N) is 5. The first-order valence-electron chi connectivity index (χ1n) is 10.1. The molecule has 2 aromatic carbocycles. The molecular weight excluding hydrogens is 413 g/mol. The van der Waals surface area contributed by atoms with Crippen LogP contribution >= 0.6 is 11.3 Å². The molecule has 0 bridgehead atoms. The molecule has 2 heterocycles. The van der Waals surface area contributed by atoms with Crippen LogP contribution in [0, 0.1) is 12.7 Å². The van der Waals surface area contributed by atoms with E-state index in [0.29, 0.717) is 22.8 Å². The van der Waals surface area contributed by atoms with Crippen molar-refractivity contribution in [3.63, 3.8) is 0 Å². The normalized spacial score (nSPS) is 11.4. The predicted octanol–water partition coefficient (Wildman–Crippen LogP) is 4.53. The standard InChI is InChI=1S/C23H24FN5OS/c1-16-18(15-25-29(16)17-9-5-4-6-10-17)22(30)28(14-8-13-27(2)3)23-26-21-19(24)11-7-12-20(21)31-23/h4-7,9-12,15H,8,13-14H2,1-3H3. The van der Waals surface area contributed by atoms with Crippen LogP contribution in [0.1, 0.15) is 22.5 Å². The van der Waals surface area contributed by atoms with E-state index in [9.17, 15) is 9.18 Å². The maximum absolute atomic E-state index is 14.2. The molecule has 0 saturated heterocycles. The first-order valence-corrected chi connectivity index (χ1v) is 10.9. The quantitative estimate of drug-likeness (QED) is 0.426. The topological polar surface area (TPSA) is 54.3 Å². The SMILES string of the molecule is Cc1c(C(=O)N(CCCN(C)C)c2nc3c(F)cccc3s2)cnn1-c1ccccc1. The van der Waals surface area contributed by atoms with Gasteiger partial charge < -0.3 is 4.90 Å². The van der Waals surface area contributed by atoms with Crippen molar-refractivity contribution in [2.45, 2.75) is 13.3 Å². The van der Waals surface area contributed by atoms with Gasteiger partial charge in [-0.25, -0.2) is 14.1 Å². The Kier molecular flexibility index (Phi) is 6.11. The number of para-hydroxylation sites is 2. The number of thiazole rings is 1. The molecule has 0 saturated carbocycles. The van der Waals surface area contributed by atoms with Crippen LogP contribution in [0.15, 0.2) is 54.7 Å². The summed E-state index contributed by atoms with van der Waals surface area (Å²) in [7, 11) is 3.99. The lowest BCUT2D eigenvalue weighted by molar-refractivity contribution is 0.0985. The van der Waals surface area contributed by atoms with E-state index >= 15 is 0 Å². The number of hydrogen-bond acceptors (Lipinski definition) is 5. The average Bonchev–Trinajstić information content (AvgIpc) is 3.36. The third-order valence-electron chi connectivity index (χ3n) is 5.06. The molecule has 0 aliphatic rings. The minimum absolute atomic E-state index is 0.182. The van der Waals surface area contributed by atoms with E-state index in [1.807, 2.05) is 57.4 Å². The van der Waals surface area contributed by atoms with E-state index in [1.54, 1.807) is 21.8 Å². The van der Waals surface area contributed by atoms with Crippen LogP contribution in [0.3, 0.4) is 0 Å². The highest BCUT2D eigenvalue weighted by molar-refractivity contribution is 7.22. The van der Waals surface area contributed by atoms with E-state index in [1.165, 1.54) is 17.4 Å². The highest BCUT2D eigenvalue weighted by Gasteiger charge is 2.25. The van der Waals surface area contributed by atoms with Crippen molar-refractivity contribution < 1.29 is 9.18 Å². The van der Waals surface area contributed by atoms with Gasteiger partial charge in [0.05, 0.1) is 27.8 Å². The zero-order valence-corrected chi connectivity index (χ0v) is 18.6. The van der Waals surface area contributed by atoms with Crippen molar-refractivity contribution in [1.29, 1.82) is 0 Å². The second kappa shape index (κ2) is 8.95.